The van der Waals surface area contributed by atoms with E-state index in [1.54, 1.807) is 11.0 Å². The first-order valence-corrected chi connectivity index (χ1v) is 11.4. The molecule has 0 atom stereocenters. The Labute approximate surface area is 192 Å². The van der Waals surface area contributed by atoms with Gasteiger partial charge in [0.2, 0.25) is 11.8 Å². The molecule has 2 rings (SSSR count). The number of hydrogen-bond acceptors (Lipinski definition) is 5. The zero-order valence-electron chi connectivity index (χ0n) is 19.3. The Hall–Kier alpha value is -2.56. The normalized spacial score (nSPS) is 14.9. The van der Waals surface area contributed by atoms with Crippen LogP contribution in [0, 0.1) is 5.92 Å². The smallest absolute Gasteiger partial charge is 0.422 e. The average Bonchev–Trinajstić information content (AvgIpc) is 2.81. The van der Waals surface area contributed by atoms with Crippen LogP contribution in [0.4, 0.5) is 18.0 Å². The first-order valence-electron chi connectivity index (χ1n) is 11.4. The highest BCUT2D eigenvalue weighted by Crippen LogP contribution is 2.19. The number of nitrogens with one attached hydrogen (secondary N) is 2. The maximum atomic E-state index is 12.4. The van der Waals surface area contributed by atoms with E-state index in [0.29, 0.717) is 38.0 Å². The summed E-state index contributed by atoms with van der Waals surface area (Å²) in [5, 5.41) is 5.75. The van der Waals surface area contributed by atoms with Gasteiger partial charge in [0, 0.05) is 44.4 Å². The molecule has 2 heterocycles. The highest BCUT2D eigenvalue weighted by atomic mass is 19.4. The van der Waals surface area contributed by atoms with Crippen LogP contribution < -0.4 is 15.4 Å². The lowest BCUT2D eigenvalue weighted by Gasteiger charge is -2.31. The third-order valence-electron chi connectivity index (χ3n) is 5.62. The van der Waals surface area contributed by atoms with Crippen LogP contribution in [0.25, 0.3) is 0 Å². The van der Waals surface area contributed by atoms with Crippen molar-refractivity contribution in [2.24, 2.45) is 5.92 Å². The van der Waals surface area contributed by atoms with E-state index in [1.165, 1.54) is 12.3 Å². The van der Waals surface area contributed by atoms with Gasteiger partial charge >= 0.3 is 12.2 Å². The second-order valence-electron chi connectivity index (χ2n) is 8.00. The molecule has 1 aliphatic heterocycles. The second-order valence-corrected chi connectivity index (χ2v) is 8.00. The lowest BCUT2D eigenvalue weighted by molar-refractivity contribution is -0.154. The molecule has 1 aliphatic rings. The van der Waals surface area contributed by atoms with E-state index >= 15 is 0 Å². The van der Waals surface area contributed by atoms with Gasteiger partial charge in [0.1, 0.15) is 0 Å². The molecule has 0 unspecified atom stereocenters. The number of nitrogens with zero attached hydrogens (tertiary/aromatic N) is 3. The van der Waals surface area contributed by atoms with Crippen molar-refractivity contribution in [2.45, 2.75) is 45.8 Å². The molecule has 0 spiro atoms. The molecule has 2 N–H and O–H groups in total. The number of halogens is 3. The Morgan fingerprint density at radius 3 is 2.55 bits per heavy atom. The fourth-order valence-corrected chi connectivity index (χ4v) is 3.63. The standard InChI is InChI=1S/C22H34F3N5O3/c1-3-29(4-2)11-5-9-27-20(31)18-7-12-30(13-8-18)21(32)28-15-17-6-10-26-19(14-17)33-16-22(23,24)25/h6,10,14,18H,3-5,7-9,11-13,15-16H2,1-2H3,(H,27,31)(H,28,32). The number of aromatic nitrogens is 1. The second kappa shape index (κ2) is 13.2. The van der Waals surface area contributed by atoms with Crippen molar-refractivity contribution in [3.63, 3.8) is 0 Å². The SMILES string of the molecule is CCN(CC)CCCNC(=O)C1CCN(C(=O)NCc2ccnc(OCC(F)(F)F)c2)CC1. The van der Waals surface area contributed by atoms with Crippen LogP contribution in [0.15, 0.2) is 18.3 Å². The molecule has 0 radical (unpaired) electrons. The number of alkyl halides is 3. The van der Waals surface area contributed by atoms with Crippen molar-refractivity contribution in [3.05, 3.63) is 23.9 Å². The van der Waals surface area contributed by atoms with Gasteiger partial charge in [0.15, 0.2) is 6.61 Å². The Morgan fingerprint density at radius 1 is 1.21 bits per heavy atom. The predicted octanol–water partition coefficient (Wildman–Crippen LogP) is 2.79. The van der Waals surface area contributed by atoms with Crippen molar-refractivity contribution >= 4 is 11.9 Å². The number of hydrogen-bond donors (Lipinski definition) is 2. The van der Waals surface area contributed by atoms with Gasteiger partial charge in [-0.25, -0.2) is 9.78 Å². The van der Waals surface area contributed by atoms with E-state index in [4.69, 9.17) is 0 Å². The Morgan fingerprint density at radius 2 is 1.91 bits per heavy atom. The number of rotatable bonds is 11. The van der Waals surface area contributed by atoms with Gasteiger partial charge in [-0.3, -0.25) is 4.79 Å². The number of amides is 3. The van der Waals surface area contributed by atoms with Gasteiger partial charge < -0.3 is 25.2 Å². The molecule has 8 nitrogen and oxygen atoms in total. The molecule has 1 aromatic rings. The molecule has 0 aromatic carbocycles. The summed E-state index contributed by atoms with van der Waals surface area (Å²) in [5.74, 6) is -0.211. The zero-order chi connectivity index (χ0) is 24.3. The van der Waals surface area contributed by atoms with Gasteiger partial charge in [0.25, 0.3) is 0 Å². The molecule has 3 amide bonds. The molecule has 33 heavy (non-hydrogen) atoms. The number of piperidine rings is 1. The minimum absolute atomic E-state index is 0.0396. The van der Waals surface area contributed by atoms with E-state index in [9.17, 15) is 22.8 Å². The van der Waals surface area contributed by atoms with Crippen LogP contribution >= 0.6 is 0 Å². The van der Waals surface area contributed by atoms with Crippen LogP contribution in [-0.4, -0.2) is 78.8 Å². The highest BCUT2D eigenvalue weighted by Gasteiger charge is 2.29. The number of likely N-dealkylation sites (tertiary alicyclic amines) is 1. The van der Waals surface area contributed by atoms with Gasteiger partial charge in [-0.1, -0.05) is 13.8 Å². The van der Waals surface area contributed by atoms with Crippen molar-refractivity contribution in [1.82, 2.24) is 25.4 Å². The molecule has 1 saturated heterocycles. The molecule has 0 saturated carbocycles. The van der Waals surface area contributed by atoms with Crippen molar-refractivity contribution in [2.75, 3.05) is 45.9 Å². The van der Waals surface area contributed by atoms with Gasteiger partial charge in [0.05, 0.1) is 0 Å². The molecule has 0 bridgehead atoms. The first kappa shape index (κ1) is 26.7. The van der Waals surface area contributed by atoms with Crippen molar-refractivity contribution in [1.29, 1.82) is 0 Å². The summed E-state index contributed by atoms with van der Waals surface area (Å²) in [6.45, 7) is 7.50. The Kier molecular flexibility index (Phi) is 10.7. The predicted molar refractivity (Wildman–Crippen MR) is 118 cm³/mol. The third-order valence-corrected chi connectivity index (χ3v) is 5.62. The molecule has 1 fully saturated rings. The molecule has 0 aliphatic carbocycles. The largest absolute Gasteiger partial charge is 0.468 e. The van der Waals surface area contributed by atoms with E-state index in [0.717, 1.165) is 26.1 Å². The lowest BCUT2D eigenvalue weighted by Crippen LogP contribution is -2.46. The maximum absolute atomic E-state index is 12.4. The topological polar surface area (TPSA) is 86.8 Å². The van der Waals surface area contributed by atoms with E-state index in [2.05, 4.69) is 39.1 Å². The molecule has 1 aromatic heterocycles. The zero-order valence-corrected chi connectivity index (χ0v) is 19.3. The van der Waals surface area contributed by atoms with E-state index < -0.39 is 12.8 Å². The van der Waals surface area contributed by atoms with Crippen molar-refractivity contribution < 1.29 is 27.5 Å². The van der Waals surface area contributed by atoms with Crippen LogP contribution in [-0.2, 0) is 11.3 Å². The van der Waals surface area contributed by atoms with Crippen LogP contribution in [0.3, 0.4) is 0 Å². The number of urea groups is 1. The van der Waals surface area contributed by atoms with Gasteiger partial charge in [-0.2, -0.15) is 13.2 Å². The van der Waals surface area contributed by atoms with Crippen molar-refractivity contribution in [3.8, 4) is 5.88 Å². The third kappa shape index (κ3) is 9.85. The Bertz CT molecular complexity index is 751. The number of carbonyl (C=O) groups is 2. The van der Waals surface area contributed by atoms with Crippen LogP contribution in [0.5, 0.6) is 5.88 Å². The van der Waals surface area contributed by atoms with E-state index in [1.807, 2.05) is 0 Å². The van der Waals surface area contributed by atoms with E-state index in [-0.39, 0.29) is 30.3 Å². The summed E-state index contributed by atoms with van der Waals surface area (Å²) in [6.07, 6.45) is -1.01. The number of ether oxygens (including phenoxy) is 1. The van der Waals surface area contributed by atoms with Gasteiger partial charge in [-0.05, 0) is 50.5 Å². The number of carbonyl (C=O) groups excluding carboxylic acids is 2. The highest BCUT2D eigenvalue weighted by molar-refractivity contribution is 5.79. The van der Waals surface area contributed by atoms with Crippen LogP contribution in [0.1, 0.15) is 38.7 Å². The Balaban J connectivity index is 1.68. The maximum Gasteiger partial charge on any atom is 0.422 e. The molecular formula is C22H34F3N5O3. The lowest BCUT2D eigenvalue weighted by atomic mass is 9.96. The fourth-order valence-electron chi connectivity index (χ4n) is 3.63. The van der Waals surface area contributed by atoms with Gasteiger partial charge in [-0.15, -0.1) is 0 Å². The minimum Gasteiger partial charge on any atom is -0.468 e. The summed E-state index contributed by atoms with van der Waals surface area (Å²) in [6, 6.07) is 2.68. The van der Waals surface area contributed by atoms with Crippen LogP contribution in [0.2, 0.25) is 0 Å². The summed E-state index contributed by atoms with van der Waals surface area (Å²) in [5.41, 5.74) is 0.578. The summed E-state index contributed by atoms with van der Waals surface area (Å²) >= 11 is 0. The minimum atomic E-state index is -4.44. The number of pyridine rings is 1. The fraction of sp³-hybridized carbons (Fsp3) is 0.682. The average molecular weight is 474 g/mol. The summed E-state index contributed by atoms with van der Waals surface area (Å²) in [4.78, 5) is 32.5. The summed E-state index contributed by atoms with van der Waals surface area (Å²) < 4.78 is 41.4. The summed E-state index contributed by atoms with van der Waals surface area (Å²) in [7, 11) is 0. The molecule has 11 heteroatoms. The molecular weight excluding hydrogens is 439 g/mol. The first-order chi connectivity index (χ1) is 15.7. The quantitative estimate of drug-likeness (QED) is 0.483. The monoisotopic (exact) mass is 473 g/mol. The molecule has 186 valence electrons.